The van der Waals surface area contributed by atoms with Crippen molar-refractivity contribution in [3.63, 3.8) is 0 Å². The highest BCUT2D eigenvalue weighted by atomic mass is 16.3. The topological polar surface area (TPSA) is 64.6 Å². The minimum Gasteiger partial charge on any atom is -0.392 e. The average Bonchev–Trinajstić information content (AvgIpc) is 2.61. The van der Waals surface area contributed by atoms with Gasteiger partial charge in [-0.2, -0.15) is 0 Å². The number of carbonyl (C=O) groups excluding carboxylic acids is 1. The largest absolute Gasteiger partial charge is 0.392 e. The fourth-order valence-electron chi connectivity index (χ4n) is 3.04. The monoisotopic (exact) mass is 331 g/mol. The van der Waals surface area contributed by atoms with Crippen LogP contribution in [0.25, 0.3) is 0 Å². The minimum absolute atomic E-state index is 0.0457. The lowest BCUT2D eigenvalue weighted by Gasteiger charge is -2.33. The molecule has 0 bridgehead atoms. The number of para-hydroxylation sites is 1. The molecule has 1 fully saturated rings. The SMILES string of the molecule is C=CC(CC)NC(=O)CN1CCC(Nc2ccccc2CO)CC1. The summed E-state index contributed by atoms with van der Waals surface area (Å²) in [5, 5.41) is 15.9. The molecule has 0 radical (unpaired) electrons. The second-order valence-corrected chi connectivity index (χ2v) is 6.33. The number of piperidine rings is 1. The summed E-state index contributed by atoms with van der Waals surface area (Å²) >= 11 is 0. The highest BCUT2D eigenvalue weighted by Crippen LogP contribution is 2.20. The zero-order valence-corrected chi connectivity index (χ0v) is 14.5. The number of carbonyl (C=O) groups is 1. The molecule has 1 aromatic carbocycles. The fourth-order valence-corrected chi connectivity index (χ4v) is 3.04. The van der Waals surface area contributed by atoms with Crippen LogP contribution < -0.4 is 10.6 Å². The van der Waals surface area contributed by atoms with Crippen molar-refractivity contribution < 1.29 is 9.90 Å². The van der Waals surface area contributed by atoms with Crippen LogP contribution in [0.5, 0.6) is 0 Å². The minimum atomic E-state index is 0.0457. The van der Waals surface area contributed by atoms with Crippen molar-refractivity contribution in [2.75, 3.05) is 25.0 Å². The third kappa shape index (κ3) is 5.35. The standard InChI is InChI=1S/C19H29N3O2/c1-3-16(4-2)21-19(24)13-22-11-9-17(10-12-22)20-18-8-6-5-7-15(18)14-23/h3,5-8,16-17,20,23H,1,4,9-14H2,2H3,(H,21,24). The van der Waals surface area contributed by atoms with Crippen LogP contribution in [-0.2, 0) is 11.4 Å². The summed E-state index contributed by atoms with van der Waals surface area (Å²) in [6, 6.07) is 8.30. The van der Waals surface area contributed by atoms with Gasteiger partial charge in [-0.1, -0.05) is 31.2 Å². The molecule has 1 heterocycles. The van der Waals surface area contributed by atoms with Gasteiger partial charge in [0.15, 0.2) is 0 Å². The number of benzene rings is 1. The number of anilines is 1. The maximum atomic E-state index is 12.1. The van der Waals surface area contributed by atoms with Gasteiger partial charge in [0.2, 0.25) is 5.91 Å². The van der Waals surface area contributed by atoms with E-state index in [0.717, 1.165) is 43.6 Å². The van der Waals surface area contributed by atoms with E-state index < -0.39 is 0 Å². The van der Waals surface area contributed by atoms with Crippen LogP contribution in [0.2, 0.25) is 0 Å². The van der Waals surface area contributed by atoms with Gasteiger partial charge >= 0.3 is 0 Å². The molecule has 2 rings (SSSR count). The van der Waals surface area contributed by atoms with Crippen molar-refractivity contribution in [1.82, 2.24) is 10.2 Å². The molecule has 0 aromatic heterocycles. The van der Waals surface area contributed by atoms with Crippen molar-refractivity contribution in [1.29, 1.82) is 0 Å². The van der Waals surface area contributed by atoms with Gasteiger partial charge in [0.25, 0.3) is 0 Å². The molecule has 1 unspecified atom stereocenters. The molecule has 1 saturated heterocycles. The first-order valence-electron chi connectivity index (χ1n) is 8.75. The average molecular weight is 331 g/mol. The van der Waals surface area contributed by atoms with Gasteiger partial charge in [-0.05, 0) is 25.3 Å². The zero-order chi connectivity index (χ0) is 17.4. The molecule has 1 aromatic rings. The third-order valence-electron chi connectivity index (χ3n) is 4.57. The number of nitrogens with one attached hydrogen (secondary N) is 2. The van der Waals surface area contributed by atoms with E-state index in [1.165, 1.54) is 0 Å². The van der Waals surface area contributed by atoms with Crippen molar-refractivity contribution in [2.24, 2.45) is 0 Å². The second-order valence-electron chi connectivity index (χ2n) is 6.33. The first-order valence-corrected chi connectivity index (χ1v) is 8.75. The lowest BCUT2D eigenvalue weighted by molar-refractivity contribution is -0.122. The summed E-state index contributed by atoms with van der Waals surface area (Å²) in [6.07, 6.45) is 4.63. The molecule has 24 heavy (non-hydrogen) atoms. The highest BCUT2D eigenvalue weighted by molar-refractivity contribution is 5.78. The van der Waals surface area contributed by atoms with E-state index in [1.54, 1.807) is 6.08 Å². The second kappa shape index (κ2) is 9.45. The number of nitrogens with zero attached hydrogens (tertiary/aromatic N) is 1. The molecule has 0 spiro atoms. The third-order valence-corrected chi connectivity index (χ3v) is 4.57. The Hall–Kier alpha value is -1.85. The number of aliphatic hydroxyl groups excluding tert-OH is 1. The summed E-state index contributed by atoms with van der Waals surface area (Å²) in [5.41, 5.74) is 1.93. The Morgan fingerprint density at radius 2 is 2.12 bits per heavy atom. The van der Waals surface area contributed by atoms with Crippen LogP contribution in [0.15, 0.2) is 36.9 Å². The molecule has 1 atom stereocenters. The smallest absolute Gasteiger partial charge is 0.234 e. The van der Waals surface area contributed by atoms with Crippen molar-refractivity contribution in [2.45, 2.75) is 44.9 Å². The first kappa shape index (κ1) is 18.5. The normalized spacial score (nSPS) is 17.2. The Kier molecular flexibility index (Phi) is 7.28. The van der Waals surface area contributed by atoms with E-state index in [-0.39, 0.29) is 18.6 Å². The number of hydrogen-bond donors (Lipinski definition) is 3. The molecule has 0 saturated carbocycles. The fraction of sp³-hybridized carbons (Fsp3) is 0.526. The summed E-state index contributed by atoms with van der Waals surface area (Å²) < 4.78 is 0. The first-order chi connectivity index (χ1) is 11.7. The Labute approximate surface area is 144 Å². The maximum absolute atomic E-state index is 12.1. The van der Waals surface area contributed by atoms with Crippen LogP contribution in [-0.4, -0.2) is 47.6 Å². The van der Waals surface area contributed by atoms with Crippen molar-refractivity contribution in [3.8, 4) is 0 Å². The van der Waals surface area contributed by atoms with E-state index in [2.05, 4.69) is 22.1 Å². The van der Waals surface area contributed by atoms with Crippen LogP contribution in [0.3, 0.4) is 0 Å². The van der Waals surface area contributed by atoms with Gasteiger partial charge in [-0.15, -0.1) is 6.58 Å². The zero-order valence-electron chi connectivity index (χ0n) is 14.5. The number of aliphatic hydroxyl groups is 1. The Bertz CT molecular complexity index is 539. The lowest BCUT2D eigenvalue weighted by atomic mass is 10.0. The number of amides is 1. The molecular weight excluding hydrogens is 302 g/mol. The van der Waals surface area contributed by atoms with E-state index >= 15 is 0 Å². The summed E-state index contributed by atoms with van der Waals surface area (Å²) in [7, 11) is 0. The maximum Gasteiger partial charge on any atom is 0.234 e. The van der Waals surface area contributed by atoms with Crippen LogP contribution in [0, 0.1) is 0 Å². The van der Waals surface area contributed by atoms with Gasteiger partial charge in [0.1, 0.15) is 0 Å². The Morgan fingerprint density at radius 1 is 1.42 bits per heavy atom. The van der Waals surface area contributed by atoms with E-state index in [1.807, 2.05) is 31.2 Å². The highest BCUT2D eigenvalue weighted by Gasteiger charge is 2.21. The molecule has 1 aliphatic heterocycles. The summed E-state index contributed by atoms with van der Waals surface area (Å²) in [4.78, 5) is 14.2. The van der Waals surface area contributed by atoms with Gasteiger partial charge in [-0.25, -0.2) is 0 Å². The van der Waals surface area contributed by atoms with Crippen molar-refractivity contribution in [3.05, 3.63) is 42.5 Å². The van der Waals surface area contributed by atoms with Crippen LogP contribution >= 0.6 is 0 Å². The van der Waals surface area contributed by atoms with E-state index in [0.29, 0.717) is 12.6 Å². The van der Waals surface area contributed by atoms with Gasteiger partial charge in [-0.3, -0.25) is 9.69 Å². The molecule has 1 aliphatic rings. The number of likely N-dealkylation sites (tertiary alicyclic amines) is 1. The molecule has 132 valence electrons. The predicted octanol–water partition coefficient (Wildman–Crippen LogP) is 2.14. The van der Waals surface area contributed by atoms with Crippen LogP contribution in [0.4, 0.5) is 5.69 Å². The van der Waals surface area contributed by atoms with Gasteiger partial charge < -0.3 is 15.7 Å². The van der Waals surface area contributed by atoms with Crippen molar-refractivity contribution >= 4 is 11.6 Å². The van der Waals surface area contributed by atoms with Gasteiger partial charge in [0, 0.05) is 36.4 Å². The van der Waals surface area contributed by atoms with E-state index in [4.69, 9.17) is 0 Å². The Morgan fingerprint density at radius 3 is 2.75 bits per heavy atom. The number of hydrogen-bond acceptors (Lipinski definition) is 4. The lowest BCUT2D eigenvalue weighted by Crippen LogP contribution is -2.45. The Balaban J connectivity index is 1.77. The summed E-state index contributed by atoms with van der Waals surface area (Å²) in [5.74, 6) is 0.0683. The molecule has 3 N–H and O–H groups in total. The molecule has 5 heteroatoms. The number of rotatable bonds is 8. The van der Waals surface area contributed by atoms with Gasteiger partial charge in [0.05, 0.1) is 13.2 Å². The predicted molar refractivity (Wildman–Crippen MR) is 97.9 cm³/mol. The molecule has 1 amide bonds. The molecular formula is C19H29N3O2. The van der Waals surface area contributed by atoms with Crippen LogP contribution in [0.1, 0.15) is 31.7 Å². The van der Waals surface area contributed by atoms with E-state index in [9.17, 15) is 9.90 Å². The summed E-state index contributed by atoms with van der Waals surface area (Å²) in [6.45, 7) is 8.07. The molecule has 0 aliphatic carbocycles. The molecule has 5 nitrogen and oxygen atoms in total. The quantitative estimate of drug-likeness (QED) is 0.639.